The summed E-state index contributed by atoms with van der Waals surface area (Å²) in [6.07, 6.45) is 0.154. The number of carbonyl (C=O) groups is 4. The molecule has 0 bridgehead atoms. The molecule has 5 rings (SSSR count). The lowest BCUT2D eigenvalue weighted by atomic mass is 10.0. The number of nitrogens with one attached hydrogen (secondary N) is 2. The molecule has 0 radical (unpaired) electrons. The normalized spacial score (nSPS) is 18.1. The van der Waals surface area contributed by atoms with Crippen molar-refractivity contribution in [3.8, 4) is 11.1 Å². The number of ether oxygens (including phenoxy) is 2. The molecular weight excluding hydrogens is 598 g/mol. The van der Waals surface area contributed by atoms with E-state index in [0.717, 1.165) is 21.6 Å². The van der Waals surface area contributed by atoms with Gasteiger partial charge >= 0.3 is 5.97 Å². The Kier molecular flexibility index (Phi) is 9.61. The summed E-state index contributed by atoms with van der Waals surface area (Å²) in [6, 6.07) is 15.6. The largest absolute Gasteiger partial charge is 0.380 e. The van der Waals surface area contributed by atoms with Crippen LogP contribution in [0.5, 0.6) is 0 Å². The Bertz CT molecular complexity index is 1610. The third-order valence-electron chi connectivity index (χ3n) is 7.61. The van der Waals surface area contributed by atoms with Gasteiger partial charge in [0, 0.05) is 34.7 Å². The summed E-state index contributed by atoms with van der Waals surface area (Å²) in [5.41, 5.74) is 9.85. The second-order valence-corrected chi connectivity index (χ2v) is 11.9. The number of hydrogen-bond acceptors (Lipinski definition) is 9. The van der Waals surface area contributed by atoms with Crippen LogP contribution in [0.1, 0.15) is 52.7 Å². The summed E-state index contributed by atoms with van der Waals surface area (Å²) in [7, 11) is 0. The Labute approximate surface area is 264 Å². The minimum Gasteiger partial charge on any atom is -0.380 e. The van der Waals surface area contributed by atoms with Crippen molar-refractivity contribution in [2.45, 2.75) is 45.1 Å². The summed E-state index contributed by atoms with van der Waals surface area (Å²) < 4.78 is 11.7. The number of thiophene rings is 1. The summed E-state index contributed by atoms with van der Waals surface area (Å²) in [4.78, 5) is 57.8. The average Bonchev–Trinajstić information content (AvgIpc) is 3.80. The number of rotatable bonds is 9. The third kappa shape index (κ3) is 7.56. The smallest absolute Gasteiger partial charge is 0.332 e. The zero-order valence-corrected chi connectivity index (χ0v) is 26.0. The summed E-state index contributed by atoms with van der Waals surface area (Å²) in [5.74, 6) is -2.87. The van der Waals surface area contributed by atoms with Crippen molar-refractivity contribution in [2.75, 3.05) is 26.3 Å². The number of nitrogens with zero attached hydrogens (tertiary/aromatic N) is 2. The molecule has 0 unspecified atom stereocenters. The van der Waals surface area contributed by atoms with Crippen LogP contribution in [-0.2, 0) is 28.7 Å². The van der Waals surface area contributed by atoms with E-state index in [4.69, 9.17) is 15.2 Å². The monoisotopic (exact) mass is 633 g/mol. The maximum Gasteiger partial charge on any atom is 0.332 e. The molecule has 3 heterocycles. The van der Waals surface area contributed by atoms with Gasteiger partial charge in [-0.3, -0.25) is 14.4 Å². The van der Waals surface area contributed by atoms with Crippen LogP contribution in [0.4, 0.5) is 0 Å². The number of benzene rings is 2. The molecule has 236 valence electrons. The number of oxime groups is 1. The van der Waals surface area contributed by atoms with Crippen molar-refractivity contribution in [1.29, 1.82) is 0 Å². The minimum absolute atomic E-state index is 0.0280. The summed E-state index contributed by atoms with van der Waals surface area (Å²) in [6.45, 7) is 5.49. The second-order valence-electron chi connectivity index (χ2n) is 11.0. The van der Waals surface area contributed by atoms with Gasteiger partial charge in [-0.25, -0.2) is 4.79 Å². The highest BCUT2D eigenvalue weighted by molar-refractivity contribution is 7.10. The fourth-order valence-corrected chi connectivity index (χ4v) is 6.16. The molecule has 45 heavy (non-hydrogen) atoms. The molecule has 1 aromatic heterocycles. The van der Waals surface area contributed by atoms with Crippen LogP contribution >= 0.6 is 11.3 Å². The molecule has 3 aromatic rings. The molecule has 1 spiro atoms. The van der Waals surface area contributed by atoms with E-state index in [2.05, 4.69) is 20.6 Å². The number of amidine groups is 1. The van der Waals surface area contributed by atoms with Gasteiger partial charge in [-0.1, -0.05) is 47.1 Å². The number of nitrogens with two attached hydrogens (primary N) is 1. The van der Waals surface area contributed by atoms with Gasteiger partial charge in [0.2, 0.25) is 11.8 Å². The maximum absolute atomic E-state index is 13.6. The van der Waals surface area contributed by atoms with Crippen LogP contribution in [0.25, 0.3) is 11.1 Å². The molecule has 2 aromatic carbocycles. The van der Waals surface area contributed by atoms with E-state index >= 15 is 0 Å². The van der Waals surface area contributed by atoms with Gasteiger partial charge in [0.15, 0.2) is 11.6 Å². The van der Waals surface area contributed by atoms with Gasteiger partial charge in [-0.2, -0.15) is 0 Å². The zero-order chi connectivity index (χ0) is 32.1. The van der Waals surface area contributed by atoms with Crippen molar-refractivity contribution in [2.24, 2.45) is 10.9 Å². The molecule has 13 heteroatoms. The van der Waals surface area contributed by atoms with E-state index in [1.807, 2.05) is 37.3 Å². The third-order valence-corrected chi connectivity index (χ3v) is 8.73. The quantitative estimate of drug-likeness (QED) is 0.140. The van der Waals surface area contributed by atoms with Crippen LogP contribution in [0.2, 0.25) is 0 Å². The molecule has 2 fully saturated rings. The second kappa shape index (κ2) is 13.6. The first-order valence-corrected chi connectivity index (χ1v) is 15.3. The van der Waals surface area contributed by atoms with Gasteiger partial charge < -0.3 is 35.6 Å². The SMILES string of the molecule is CC(=O)O/N=C(\N)c1csc([C@@H](C)NC(=O)[C@@H]2CC3(CN2C(=O)CNC(=O)c2cccc(-c4ccc(C)cc4)c2)OCCO3)c1. The molecule has 12 nitrogen and oxygen atoms in total. The molecule has 2 atom stereocenters. The topological polar surface area (TPSA) is 162 Å². The predicted molar refractivity (Wildman–Crippen MR) is 167 cm³/mol. The van der Waals surface area contributed by atoms with Crippen LogP contribution in [0.3, 0.4) is 0 Å². The Morgan fingerprint density at radius 2 is 1.82 bits per heavy atom. The lowest BCUT2D eigenvalue weighted by molar-refractivity contribution is -0.152. The van der Waals surface area contributed by atoms with Crippen LogP contribution < -0.4 is 16.4 Å². The predicted octanol–water partition coefficient (Wildman–Crippen LogP) is 2.86. The van der Waals surface area contributed by atoms with Crippen molar-refractivity contribution in [1.82, 2.24) is 15.5 Å². The molecule has 2 saturated heterocycles. The number of amides is 3. The van der Waals surface area contributed by atoms with E-state index in [1.165, 1.54) is 23.2 Å². The molecule has 0 aliphatic carbocycles. The first kappa shape index (κ1) is 31.8. The van der Waals surface area contributed by atoms with E-state index in [1.54, 1.807) is 36.6 Å². The lowest BCUT2D eigenvalue weighted by Crippen LogP contribution is -2.49. The van der Waals surface area contributed by atoms with Gasteiger partial charge in [0.05, 0.1) is 32.3 Å². The van der Waals surface area contributed by atoms with Gasteiger partial charge in [-0.05, 0) is 43.2 Å². The van der Waals surface area contributed by atoms with Crippen molar-refractivity contribution in [3.05, 3.63) is 81.5 Å². The Morgan fingerprint density at radius 3 is 2.53 bits per heavy atom. The summed E-state index contributed by atoms with van der Waals surface area (Å²) in [5, 5.41) is 11.0. The molecule has 2 aliphatic rings. The fourth-order valence-electron chi connectivity index (χ4n) is 5.25. The van der Waals surface area contributed by atoms with Crippen molar-refractivity contribution < 1.29 is 33.5 Å². The zero-order valence-electron chi connectivity index (χ0n) is 25.2. The Hall–Kier alpha value is -4.59. The summed E-state index contributed by atoms with van der Waals surface area (Å²) >= 11 is 1.35. The molecule has 0 saturated carbocycles. The molecular formula is C32H35N5O7S. The van der Waals surface area contributed by atoms with Gasteiger partial charge in [-0.15, -0.1) is 11.3 Å². The minimum atomic E-state index is -1.08. The number of carbonyl (C=O) groups excluding carboxylic acids is 4. The molecule has 3 amide bonds. The first-order valence-electron chi connectivity index (χ1n) is 14.5. The Morgan fingerprint density at radius 1 is 1.09 bits per heavy atom. The first-order chi connectivity index (χ1) is 21.5. The standard InChI is InChI=1S/C32H35N5O7S/c1-19-7-9-22(10-8-19)23-5-4-6-24(13-23)30(40)34-16-28(39)37-18-32(42-11-12-43-32)15-26(37)31(41)35-20(2)27-14-25(17-45-27)29(33)36-44-21(3)38/h4-10,13-14,17,20,26H,11-12,15-16,18H2,1-3H3,(H2,33,36)(H,34,40)(H,35,41)/t20-,26+/m1/s1. The fraction of sp³-hybridized carbons (Fsp3) is 0.344. The molecule has 4 N–H and O–H groups in total. The lowest BCUT2D eigenvalue weighted by Gasteiger charge is -2.25. The highest BCUT2D eigenvalue weighted by Crippen LogP contribution is 2.35. The van der Waals surface area contributed by atoms with Crippen molar-refractivity contribution in [3.63, 3.8) is 0 Å². The van der Waals surface area contributed by atoms with Gasteiger partial charge in [0.25, 0.3) is 5.91 Å². The van der Waals surface area contributed by atoms with Crippen LogP contribution in [0.15, 0.2) is 65.1 Å². The van der Waals surface area contributed by atoms with Crippen molar-refractivity contribution >= 4 is 40.9 Å². The average molecular weight is 634 g/mol. The Balaban J connectivity index is 1.24. The van der Waals surface area contributed by atoms with Crippen LogP contribution in [-0.4, -0.2) is 72.6 Å². The number of likely N-dealkylation sites (tertiary alicyclic amines) is 1. The molecule has 2 aliphatic heterocycles. The highest BCUT2D eigenvalue weighted by atomic mass is 32.1. The highest BCUT2D eigenvalue weighted by Gasteiger charge is 2.52. The van der Waals surface area contributed by atoms with E-state index in [-0.39, 0.29) is 31.3 Å². The van der Waals surface area contributed by atoms with E-state index in [0.29, 0.717) is 24.3 Å². The van der Waals surface area contributed by atoms with E-state index < -0.39 is 35.7 Å². The van der Waals surface area contributed by atoms with Crippen LogP contribution in [0, 0.1) is 6.92 Å². The van der Waals surface area contributed by atoms with E-state index in [9.17, 15) is 19.2 Å². The maximum atomic E-state index is 13.6. The number of aryl methyl sites for hydroxylation is 1. The number of hydrogen-bond donors (Lipinski definition) is 3. The van der Waals surface area contributed by atoms with Gasteiger partial charge in [0.1, 0.15) is 6.04 Å².